The molecule has 0 aliphatic heterocycles. The van der Waals surface area contributed by atoms with E-state index >= 15 is 0 Å². The number of aromatic nitrogens is 2. The summed E-state index contributed by atoms with van der Waals surface area (Å²) in [7, 11) is 1.24. The summed E-state index contributed by atoms with van der Waals surface area (Å²) in [6, 6.07) is 0.672. The molecular weight excluding hydrogens is 187 g/mol. The van der Waals surface area contributed by atoms with Crippen LogP contribution in [-0.4, -0.2) is 17.3 Å². The predicted molar refractivity (Wildman–Crippen MR) is 38.0 cm³/mol. The normalized spacial score (nSPS) is 11.4. The first-order valence-electron chi connectivity index (χ1n) is 3.19. The highest BCUT2D eigenvalue weighted by atomic mass is 19.4. The quantitative estimate of drug-likeness (QED) is 0.725. The molecule has 0 bridgehead atoms. The second-order valence-electron chi connectivity index (χ2n) is 2.19. The van der Waals surface area contributed by atoms with Crippen molar-refractivity contribution in [3.63, 3.8) is 0 Å². The van der Waals surface area contributed by atoms with Crippen molar-refractivity contribution >= 4 is 5.69 Å². The number of anilines is 1. The van der Waals surface area contributed by atoms with Gasteiger partial charge < -0.3 is 10.5 Å². The topological polar surface area (TPSA) is 61.0 Å². The first-order valence-corrected chi connectivity index (χ1v) is 3.19. The molecule has 13 heavy (non-hydrogen) atoms. The van der Waals surface area contributed by atoms with E-state index < -0.39 is 11.9 Å². The van der Waals surface area contributed by atoms with E-state index in [9.17, 15) is 13.2 Å². The summed E-state index contributed by atoms with van der Waals surface area (Å²) in [6.45, 7) is 0. The van der Waals surface area contributed by atoms with Crippen molar-refractivity contribution < 1.29 is 17.9 Å². The first-order chi connectivity index (χ1) is 5.95. The van der Waals surface area contributed by atoms with Gasteiger partial charge in [0.15, 0.2) is 5.69 Å². The van der Waals surface area contributed by atoms with Gasteiger partial charge in [0, 0.05) is 0 Å². The monoisotopic (exact) mass is 193 g/mol. The van der Waals surface area contributed by atoms with Crippen LogP contribution in [0.15, 0.2) is 6.07 Å². The van der Waals surface area contributed by atoms with Gasteiger partial charge in [-0.05, 0) is 6.07 Å². The van der Waals surface area contributed by atoms with Gasteiger partial charge in [0.2, 0.25) is 0 Å². The molecule has 7 heteroatoms. The van der Waals surface area contributed by atoms with Crippen LogP contribution in [0, 0.1) is 0 Å². The van der Waals surface area contributed by atoms with E-state index in [1.54, 1.807) is 0 Å². The van der Waals surface area contributed by atoms with Gasteiger partial charge in [-0.15, -0.1) is 10.2 Å². The number of rotatable bonds is 1. The predicted octanol–water partition coefficient (Wildman–Crippen LogP) is 1.09. The zero-order valence-corrected chi connectivity index (χ0v) is 6.59. The number of hydrogen-bond donors (Lipinski definition) is 1. The van der Waals surface area contributed by atoms with Crippen molar-refractivity contribution in [1.29, 1.82) is 0 Å². The number of nitrogens with two attached hydrogens (primary N) is 1. The van der Waals surface area contributed by atoms with Crippen molar-refractivity contribution in [2.75, 3.05) is 12.8 Å². The van der Waals surface area contributed by atoms with Crippen LogP contribution >= 0.6 is 0 Å². The van der Waals surface area contributed by atoms with E-state index in [0.717, 1.165) is 0 Å². The molecule has 0 aromatic carbocycles. The zero-order chi connectivity index (χ0) is 10.1. The maximum Gasteiger partial charge on any atom is 0.435 e. The minimum atomic E-state index is -4.53. The number of nitrogens with zero attached hydrogens (tertiary/aromatic N) is 2. The molecule has 0 radical (unpaired) electrons. The first kappa shape index (κ1) is 9.56. The molecule has 2 N–H and O–H groups in total. The molecule has 0 spiro atoms. The Morgan fingerprint density at radius 3 is 2.38 bits per heavy atom. The smallest absolute Gasteiger partial charge is 0.435 e. The minimum Gasteiger partial charge on any atom is -0.478 e. The van der Waals surface area contributed by atoms with E-state index in [1.807, 2.05) is 0 Å². The van der Waals surface area contributed by atoms with Crippen molar-refractivity contribution in [2.24, 2.45) is 0 Å². The van der Waals surface area contributed by atoms with Gasteiger partial charge in [-0.25, -0.2) is 0 Å². The van der Waals surface area contributed by atoms with Gasteiger partial charge in [-0.2, -0.15) is 13.2 Å². The molecule has 1 heterocycles. The lowest BCUT2D eigenvalue weighted by Gasteiger charge is -2.06. The van der Waals surface area contributed by atoms with E-state index in [4.69, 9.17) is 5.73 Å². The molecule has 0 saturated carbocycles. The van der Waals surface area contributed by atoms with E-state index in [0.29, 0.717) is 6.07 Å². The molecule has 0 saturated heterocycles. The average Bonchev–Trinajstić information content (AvgIpc) is 2.02. The summed E-state index contributed by atoms with van der Waals surface area (Å²) < 4.78 is 40.6. The van der Waals surface area contributed by atoms with Crippen LogP contribution in [0.1, 0.15) is 5.69 Å². The van der Waals surface area contributed by atoms with Crippen LogP contribution < -0.4 is 10.5 Å². The number of methoxy groups -OCH3 is 1. The summed E-state index contributed by atoms with van der Waals surface area (Å²) in [6.07, 6.45) is -4.53. The largest absolute Gasteiger partial charge is 0.478 e. The van der Waals surface area contributed by atoms with Crippen LogP contribution in [0.5, 0.6) is 5.88 Å². The van der Waals surface area contributed by atoms with Gasteiger partial charge >= 0.3 is 6.18 Å². The van der Waals surface area contributed by atoms with Gasteiger partial charge in [0.1, 0.15) is 0 Å². The average molecular weight is 193 g/mol. The summed E-state index contributed by atoms with van der Waals surface area (Å²) in [5, 5.41) is 6.05. The molecule has 4 nitrogen and oxygen atoms in total. The zero-order valence-electron chi connectivity index (χ0n) is 6.59. The number of halogens is 3. The summed E-state index contributed by atoms with van der Waals surface area (Å²) >= 11 is 0. The van der Waals surface area contributed by atoms with Gasteiger partial charge in [-0.1, -0.05) is 0 Å². The van der Waals surface area contributed by atoms with Gasteiger partial charge in [0.05, 0.1) is 12.8 Å². The third kappa shape index (κ3) is 1.98. The van der Waals surface area contributed by atoms with Crippen LogP contribution in [0.2, 0.25) is 0 Å². The molecule has 1 rings (SSSR count). The number of hydrogen-bond acceptors (Lipinski definition) is 4. The van der Waals surface area contributed by atoms with Crippen molar-refractivity contribution in [3.8, 4) is 5.88 Å². The Morgan fingerprint density at radius 2 is 2.00 bits per heavy atom. The molecule has 72 valence electrons. The Morgan fingerprint density at radius 1 is 1.38 bits per heavy atom. The number of alkyl halides is 3. The van der Waals surface area contributed by atoms with Crippen molar-refractivity contribution in [3.05, 3.63) is 11.8 Å². The fourth-order valence-corrected chi connectivity index (χ4v) is 0.692. The fraction of sp³-hybridized carbons (Fsp3) is 0.333. The Kier molecular flexibility index (Phi) is 2.26. The minimum absolute atomic E-state index is 0.118. The molecule has 1 aromatic rings. The van der Waals surface area contributed by atoms with E-state index in [2.05, 4.69) is 14.9 Å². The van der Waals surface area contributed by atoms with Gasteiger partial charge in [-0.3, -0.25) is 0 Å². The molecule has 0 atom stereocenters. The lowest BCUT2D eigenvalue weighted by Crippen LogP contribution is -2.10. The standard InChI is InChI=1S/C6H6F3N3O/c1-13-5-3(10)2-4(11-12-5)6(7,8)9/h2H,1H3,(H2,10,11). The molecular formula is C6H6F3N3O. The number of nitrogen functional groups attached to an aromatic ring is 1. The SMILES string of the molecule is COc1nnc(C(F)(F)F)cc1N. The highest BCUT2D eigenvalue weighted by molar-refractivity contribution is 5.47. The van der Waals surface area contributed by atoms with Crippen LogP contribution in [0.3, 0.4) is 0 Å². The maximum atomic E-state index is 12.0. The van der Waals surface area contributed by atoms with E-state index in [1.165, 1.54) is 7.11 Å². The Balaban J connectivity index is 3.10. The maximum absolute atomic E-state index is 12.0. The van der Waals surface area contributed by atoms with Gasteiger partial charge in [0.25, 0.3) is 5.88 Å². The second-order valence-corrected chi connectivity index (χ2v) is 2.19. The highest BCUT2D eigenvalue weighted by Crippen LogP contribution is 2.29. The summed E-state index contributed by atoms with van der Waals surface area (Å²) in [5.41, 5.74) is 3.88. The second kappa shape index (κ2) is 3.08. The lowest BCUT2D eigenvalue weighted by atomic mass is 10.3. The van der Waals surface area contributed by atoms with Crippen molar-refractivity contribution in [1.82, 2.24) is 10.2 Å². The Bertz CT molecular complexity index is 312. The molecule has 1 aromatic heterocycles. The molecule has 0 fully saturated rings. The summed E-state index contributed by atoms with van der Waals surface area (Å²) in [5.74, 6) is -0.118. The van der Waals surface area contributed by atoms with Crippen LogP contribution in [0.25, 0.3) is 0 Å². The molecule has 0 amide bonds. The van der Waals surface area contributed by atoms with Crippen molar-refractivity contribution in [2.45, 2.75) is 6.18 Å². The third-order valence-corrected chi connectivity index (χ3v) is 1.27. The lowest BCUT2D eigenvalue weighted by molar-refractivity contribution is -0.141. The summed E-state index contributed by atoms with van der Waals surface area (Å²) in [4.78, 5) is 0. The fourth-order valence-electron chi connectivity index (χ4n) is 0.692. The van der Waals surface area contributed by atoms with Crippen LogP contribution in [0.4, 0.5) is 18.9 Å². The number of ether oxygens (including phenoxy) is 1. The highest BCUT2D eigenvalue weighted by Gasteiger charge is 2.33. The Labute approximate surface area is 71.5 Å². The van der Waals surface area contributed by atoms with Crippen LogP contribution in [-0.2, 0) is 6.18 Å². The Hall–Kier alpha value is -1.53. The molecule has 0 aliphatic carbocycles. The molecule has 0 unspecified atom stereocenters. The molecule has 0 aliphatic rings. The van der Waals surface area contributed by atoms with E-state index in [-0.39, 0.29) is 11.6 Å². The third-order valence-electron chi connectivity index (χ3n) is 1.27.